The van der Waals surface area contributed by atoms with Crippen LogP contribution in [0.5, 0.6) is 0 Å². The second-order valence-corrected chi connectivity index (χ2v) is 6.88. The van der Waals surface area contributed by atoms with Crippen molar-refractivity contribution in [2.24, 2.45) is 0 Å². The predicted molar refractivity (Wildman–Crippen MR) is 99.7 cm³/mol. The fraction of sp³-hybridized carbons (Fsp3) is 0.789. The van der Waals surface area contributed by atoms with Gasteiger partial charge in [-0.05, 0) is 41.6 Å². The van der Waals surface area contributed by atoms with Gasteiger partial charge in [0.05, 0.1) is 11.6 Å². The molecule has 0 aromatic heterocycles. The highest BCUT2D eigenvalue weighted by Gasteiger charge is 2.05. The molecule has 0 aliphatic heterocycles. The molecule has 0 aromatic rings. The van der Waals surface area contributed by atoms with Gasteiger partial charge in [-0.25, -0.2) is 0 Å². The van der Waals surface area contributed by atoms with E-state index in [9.17, 15) is 9.59 Å². The van der Waals surface area contributed by atoms with Crippen molar-refractivity contribution in [2.45, 2.75) is 90.4 Å². The molecule has 3 nitrogen and oxygen atoms in total. The first-order valence-corrected chi connectivity index (χ1v) is 9.86. The number of carbonyl (C=O) groups is 2. The second kappa shape index (κ2) is 16.2. The molecule has 0 fully saturated rings. The van der Waals surface area contributed by atoms with Crippen LogP contribution in [0.25, 0.3) is 0 Å². The van der Waals surface area contributed by atoms with E-state index >= 15 is 0 Å². The van der Waals surface area contributed by atoms with Gasteiger partial charge in [-0.3, -0.25) is 9.59 Å². The van der Waals surface area contributed by atoms with Crippen LogP contribution < -0.4 is 0 Å². The Bertz CT molecular complexity index is 351. The maximum absolute atomic E-state index is 11.9. The normalized spacial score (nSPS) is 11.5. The van der Waals surface area contributed by atoms with Gasteiger partial charge in [-0.2, -0.15) is 0 Å². The molecule has 0 heterocycles. The van der Waals surface area contributed by atoms with Crippen molar-refractivity contribution in [2.75, 3.05) is 7.11 Å². The Morgan fingerprint density at radius 3 is 2.09 bits per heavy atom. The second-order valence-electron chi connectivity index (χ2n) is 6.02. The molecule has 0 aliphatic carbocycles. The lowest BCUT2D eigenvalue weighted by atomic mass is 10.1. The van der Waals surface area contributed by atoms with E-state index < -0.39 is 0 Å². The number of ether oxygens (including phenoxy) is 1. The van der Waals surface area contributed by atoms with Crippen LogP contribution in [0, 0.1) is 0 Å². The van der Waals surface area contributed by atoms with Crippen molar-refractivity contribution in [3.63, 3.8) is 0 Å². The fourth-order valence-corrected chi connectivity index (χ4v) is 2.82. The zero-order chi connectivity index (χ0) is 17.3. The van der Waals surface area contributed by atoms with Gasteiger partial charge in [-0.15, -0.1) is 0 Å². The van der Waals surface area contributed by atoms with Crippen LogP contribution in [0.4, 0.5) is 0 Å². The van der Waals surface area contributed by atoms with Gasteiger partial charge in [0.2, 0.25) is 0 Å². The molecular weight excluding hydrogens is 356 g/mol. The van der Waals surface area contributed by atoms with E-state index in [0.717, 1.165) is 43.0 Å². The maximum Gasteiger partial charge on any atom is 0.305 e. The van der Waals surface area contributed by atoms with Gasteiger partial charge in [0.25, 0.3) is 0 Å². The first kappa shape index (κ1) is 22.4. The summed E-state index contributed by atoms with van der Waals surface area (Å²) < 4.78 is 5.35. The van der Waals surface area contributed by atoms with Gasteiger partial charge in [0, 0.05) is 12.8 Å². The Hall–Kier alpha value is -0.640. The van der Waals surface area contributed by atoms with Gasteiger partial charge in [0.15, 0.2) is 5.78 Å². The molecule has 134 valence electrons. The number of esters is 1. The third kappa shape index (κ3) is 14.7. The summed E-state index contributed by atoms with van der Waals surface area (Å²) in [5, 5.41) is 0. The highest BCUT2D eigenvalue weighted by atomic mass is 79.9. The van der Waals surface area contributed by atoms with Crippen molar-refractivity contribution >= 4 is 27.7 Å². The van der Waals surface area contributed by atoms with E-state index in [1.54, 1.807) is 0 Å². The molecule has 0 saturated carbocycles. The summed E-state index contributed by atoms with van der Waals surface area (Å²) in [4.78, 5) is 22.9. The lowest BCUT2D eigenvalue weighted by molar-refractivity contribution is -0.140. The van der Waals surface area contributed by atoms with Gasteiger partial charge in [-0.1, -0.05) is 57.9 Å². The van der Waals surface area contributed by atoms with Crippen molar-refractivity contribution in [3.8, 4) is 0 Å². The number of hydrogen-bond acceptors (Lipinski definition) is 3. The van der Waals surface area contributed by atoms with Gasteiger partial charge >= 0.3 is 5.97 Å². The molecule has 0 N–H and O–H groups in total. The Morgan fingerprint density at radius 2 is 1.43 bits per heavy atom. The minimum atomic E-state index is -0.135. The molecule has 0 aromatic carbocycles. The quantitative estimate of drug-likeness (QED) is 0.193. The molecule has 4 heteroatoms. The molecule has 23 heavy (non-hydrogen) atoms. The fourth-order valence-electron chi connectivity index (χ4n) is 2.40. The van der Waals surface area contributed by atoms with Crippen LogP contribution in [-0.2, 0) is 14.3 Å². The van der Waals surface area contributed by atoms with Crippen LogP contribution >= 0.6 is 15.9 Å². The zero-order valence-electron chi connectivity index (χ0n) is 14.9. The van der Waals surface area contributed by atoms with E-state index in [1.807, 2.05) is 6.08 Å². The summed E-state index contributed by atoms with van der Waals surface area (Å²) in [6.45, 7) is 2.22. The highest BCUT2D eigenvalue weighted by Crippen LogP contribution is 2.16. The smallest absolute Gasteiger partial charge is 0.305 e. The standard InChI is InChI=1S/C19H33BrO3/c1-3-4-5-6-8-11-14-17(20)18(21)15-12-9-7-10-13-16-19(22)23-2/h14H,3-13,15-16H2,1-2H3/b17-14-. The Labute approximate surface area is 150 Å². The lowest BCUT2D eigenvalue weighted by Crippen LogP contribution is -1.99. The van der Waals surface area contributed by atoms with E-state index in [1.165, 1.54) is 39.2 Å². The topological polar surface area (TPSA) is 43.4 Å². The molecule has 0 radical (unpaired) electrons. The molecule has 0 spiro atoms. The molecule has 0 rings (SSSR count). The molecule has 0 atom stereocenters. The summed E-state index contributed by atoms with van der Waals surface area (Å²) in [6, 6.07) is 0. The van der Waals surface area contributed by atoms with E-state index in [4.69, 9.17) is 0 Å². The first-order chi connectivity index (χ1) is 11.1. The Balaban J connectivity index is 3.55. The number of rotatable bonds is 15. The summed E-state index contributed by atoms with van der Waals surface area (Å²) in [5.74, 6) is 0.0806. The van der Waals surface area contributed by atoms with E-state index in [0.29, 0.717) is 12.8 Å². The molecule has 0 aliphatic rings. The third-order valence-electron chi connectivity index (χ3n) is 3.91. The minimum absolute atomic E-state index is 0.135. The molecule has 0 unspecified atom stereocenters. The number of carbonyl (C=O) groups excluding carboxylic acids is 2. The minimum Gasteiger partial charge on any atom is -0.469 e. The van der Waals surface area contributed by atoms with Crippen LogP contribution in [0.15, 0.2) is 10.6 Å². The Kier molecular flexibility index (Phi) is 15.8. The van der Waals surface area contributed by atoms with Crippen LogP contribution in [0.2, 0.25) is 0 Å². The van der Waals surface area contributed by atoms with Crippen molar-refractivity contribution in [1.82, 2.24) is 0 Å². The van der Waals surface area contributed by atoms with Crippen LogP contribution in [-0.4, -0.2) is 18.9 Å². The number of ketones is 1. The summed E-state index contributed by atoms with van der Waals surface area (Å²) in [6.07, 6.45) is 15.4. The molecule has 0 bridgehead atoms. The SMILES string of the molecule is CCCCCCC/C=C(\Br)C(=O)CCCCCCCC(=O)OC. The van der Waals surface area contributed by atoms with E-state index in [-0.39, 0.29) is 11.8 Å². The lowest BCUT2D eigenvalue weighted by Gasteiger charge is -2.02. The monoisotopic (exact) mass is 388 g/mol. The summed E-state index contributed by atoms with van der Waals surface area (Å²) in [5.41, 5.74) is 0. The predicted octanol–water partition coefficient (Wildman–Crippen LogP) is 6.10. The number of hydrogen-bond donors (Lipinski definition) is 0. The number of allylic oxidation sites excluding steroid dienone is 2. The van der Waals surface area contributed by atoms with Gasteiger partial charge < -0.3 is 4.74 Å². The summed E-state index contributed by atoms with van der Waals surface area (Å²) >= 11 is 3.40. The first-order valence-electron chi connectivity index (χ1n) is 9.07. The highest BCUT2D eigenvalue weighted by molar-refractivity contribution is 9.12. The molecule has 0 saturated heterocycles. The van der Waals surface area contributed by atoms with Crippen LogP contribution in [0.3, 0.4) is 0 Å². The Morgan fingerprint density at radius 1 is 0.870 bits per heavy atom. The number of unbranched alkanes of at least 4 members (excludes halogenated alkanes) is 9. The van der Waals surface area contributed by atoms with Crippen molar-refractivity contribution < 1.29 is 14.3 Å². The number of methoxy groups -OCH3 is 1. The maximum atomic E-state index is 11.9. The number of Topliss-reactive ketones (excluding diaryl/α,β-unsaturated/α-hetero) is 1. The average Bonchev–Trinajstić information content (AvgIpc) is 2.56. The largest absolute Gasteiger partial charge is 0.469 e. The zero-order valence-corrected chi connectivity index (χ0v) is 16.5. The van der Waals surface area contributed by atoms with Crippen molar-refractivity contribution in [1.29, 1.82) is 0 Å². The van der Waals surface area contributed by atoms with Gasteiger partial charge in [0.1, 0.15) is 0 Å². The van der Waals surface area contributed by atoms with E-state index in [2.05, 4.69) is 27.6 Å². The van der Waals surface area contributed by atoms with Crippen LogP contribution in [0.1, 0.15) is 90.4 Å². The third-order valence-corrected chi connectivity index (χ3v) is 4.68. The van der Waals surface area contributed by atoms with Crippen molar-refractivity contribution in [3.05, 3.63) is 10.6 Å². The number of halogens is 1. The average molecular weight is 389 g/mol. The molecular formula is C19H33BrO3. The molecule has 0 amide bonds. The summed E-state index contributed by atoms with van der Waals surface area (Å²) in [7, 11) is 1.42.